The summed E-state index contributed by atoms with van der Waals surface area (Å²) in [4.78, 5) is 9.61. The van der Waals surface area contributed by atoms with Crippen molar-refractivity contribution >= 4 is 66.4 Å². The van der Waals surface area contributed by atoms with E-state index in [2.05, 4.69) is 264 Å². The third-order valence-electron chi connectivity index (χ3n) is 15.2. The van der Waals surface area contributed by atoms with E-state index in [1.165, 1.54) is 49.6 Å². The fourth-order valence-corrected chi connectivity index (χ4v) is 11.8. The Morgan fingerprint density at radius 2 is 1.11 bits per heavy atom. The van der Waals surface area contributed by atoms with E-state index in [0.717, 1.165) is 78.3 Å². The Labute approximate surface area is 455 Å². The summed E-state index contributed by atoms with van der Waals surface area (Å²) in [5, 5.41) is 4.68. The van der Waals surface area contributed by atoms with Gasteiger partial charge in [0.2, 0.25) is 0 Å². The summed E-state index contributed by atoms with van der Waals surface area (Å²) in [6.07, 6.45) is 1.93. The minimum Gasteiger partial charge on any atom is -0.509 e. The van der Waals surface area contributed by atoms with Crippen LogP contribution in [0.1, 0.15) is 25.3 Å². The molecule has 3 aromatic heterocycles. The van der Waals surface area contributed by atoms with Gasteiger partial charge in [0.1, 0.15) is 5.82 Å². The molecule has 0 fully saturated rings. The monoisotopic (exact) mass is 1160 g/mol. The number of rotatable bonds is 8. The summed E-state index contributed by atoms with van der Waals surface area (Å²) in [7, 11) is 0. The Kier molecular flexibility index (Phi) is 10.9. The molecule has 15 rings (SSSR count). The Hall–Kier alpha value is -8.96. The van der Waals surface area contributed by atoms with Crippen molar-refractivity contribution in [1.82, 2.24) is 14.1 Å². The second kappa shape index (κ2) is 18.2. The van der Waals surface area contributed by atoms with E-state index in [1.54, 1.807) is 0 Å². The fraction of sp³-hybridized carbons (Fsp3) is 0.0435. The summed E-state index contributed by atoms with van der Waals surface area (Å²) in [5.41, 5.74) is 20.1. The molecule has 0 saturated carbocycles. The van der Waals surface area contributed by atoms with Crippen molar-refractivity contribution in [2.24, 2.45) is 0 Å². The van der Waals surface area contributed by atoms with E-state index in [9.17, 15) is 0 Å². The first-order chi connectivity index (χ1) is 37.1. The fourth-order valence-electron chi connectivity index (χ4n) is 11.8. The molecule has 0 saturated heterocycles. The third-order valence-corrected chi connectivity index (χ3v) is 15.2. The minimum atomic E-state index is 0. The maximum atomic E-state index is 6.89. The number of fused-ring (bicyclic) bond motifs is 13. The molecule has 13 aromatic rings. The number of hydrogen-bond donors (Lipinski definition) is 0. The number of aromatic nitrogens is 3. The smallest absolute Gasteiger partial charge is 0.135 e. The maximum absolute atomic E-state index is 6.89. The van der Waals surface area contributed by atoms with Gasteiger partial charge in [-0.15, -0.1) is 48.1 Å². The number of benzene rings is 10. The van der Waals surface area contributed by atoms with E-state index in [4.69, 9.17) is 9.72 Å². The molecule has 10 aromatic carbocycles. The number of anilines is 4. The van der Waals surface area contributed by atoms with Crippen LogP contribution in [0.4, 0.5) is 22.7 Å². The third kappa shape index (κ3) is 7.08. The molecular formula is C69H46N5OPt-3. The number of pyridine rings is 1. The molecule has 0 aliphatic carbocycles. The summed E-state index contributed by atoms with van der Waals surface area (Å²) in [5.74, 6) is 2.30. The molecule has 0 unspecified atom stereocenters. The molecule has 2 aliphatic heterocycles. The maximum Gasteiger partial charge on any atom is 0.135 e. The molecule has 0 amide bonds. The molecule has 0 atom stereocenters. The van der Waals surface area contributed by atoms with Gasteiger partial charge in [-0.1, -0.05) is 171 Å². The van der Waals surface area contributed by atoms with Gasteiger partial charge in [0.25, 0.3) is 0 Å². The zero-order chi connectivity index (χ0) is 49.7. The van der Waals surface area contributed by atoms with Crippen molar-refractivity contribution in [3.63, 3.8) is 0 Å². The van der Waals surface area contributed by atoms with Gasteiger partial charge in [0.15, 0.2) is 0 Å². The van der Waals surface area contributed by atoms with Crippen molar-refractivity contribution in [3.8, 4) is 67.5 Å². The van der Waals surface area contributed by atoms with Crippen molar-refractivity contribution < 1.29 is 25.8 Å². The van der Waals surface area contributed by atoms with Gasteiger partial charge in [-0.25, -0.2) is 4.98 Å². The number of para-hydroxylation sites is 5. The Balaban J connectivity index is 0.00000528. The molecule has 6 nitrogen and oxygen atoms in total. The van der Waals surface area contributed by atoms with Gasteiger partial charge in [0, 0.05) is 94.4 Å². The van der Waals surface area contributed by atoms with Crippen LogP contribution in [-0.4, -0.2) is 14.1 Å². The summed E-state index contributed by atoms with van der Waals surface area (Å²) in [6, 6.07) is 87.6. The van der Waals surface area contributed by atoms with Gasteiger partial charge >= 0.3 is 0 Å². The molecular weight excluding hydrogens is 1110 g/mol. The van der Waals surface area contributed by atoms with Gasteiger partial charge in [-0.05, 0) is 81.6 Å². The van der Waals surface area contributed by atoms with Gasteiger partial charge in [-0.3, -0.25) is 0 Å². The van der Waals surface area contributed by atoms with Crippen molar-refractivity contribution in [2.45, 2.75) is 19.8 Å². The Bertz CT molecular complexity index is 4370. The van der Waals surface area contributed by atoms with Gasteiger partial charge < -0.3 is 23.7 Å². The van der Waals surface area contributed by atoms with Crippen LogP contribution >= 0.6 is 0 Å². The largest absolute Gasteiger partial charge is 0.509 e. The topological polar surface area (TPSA) is 38.5 Å². The second-order valence-corrected chi connectivity index (χ2v) is 19.8. The average Bonchev–Trinajstić information content (AvgIpc) is 4.31. The molecule has 5 heterocycles. The van der Waals surface area contributed by atoms with Crippen molar-refractivity contribution in [1.29, 1.82) is 0 Å². The van der Waals surface area contributed by atoms with Crippen LogP contribution in [0.3, 0.4) is 0 Å². The Morgan fingerprint density at radius 3 is 1.88 bits per heavy atom. The average molecular weight is 1160 g/mol. The van der Waals surface area contributed by atoms with Gasteiger partial charge in [-0.2, -0.15) is 12.1 Å². The van der Waals surface area contributed by atoms with Crippen molar-refractivity contribution in [2.75, 3.05) is 9.80 Å². The molecule has 2 aliphatic rings. The number of ether oxygens (including phenoxy) is 1. The van der Waals surface area contributed by atoms with Gasteiger partial charge in [0.05, 0.1) is 16.7 Å². The predicted octanol–water partition coefficient (Wildman–Crippen LogP) is 18.2. The number of nitrogens with zero attached hydrogens (tertiary/aromatic N) is 5. The van der Waals surface area contributed by atoms with Crippen LogP contribution in [0.5, 0.6) is 11.5 Å². The molecule has 0 spiro atoms. The van der Waals surface area contributed by atoms with Crippen LogP contribution in [0.2, 0.25) is 0 Å². The van der Waals surface area contributed by atoms with Crippen LogP contribution < -0.4 is 14.5 Å². The SMILES string of the molecule is CC(C)c1ccnc(-n2c3[c-]c(Oc4[c-]c(N5[CH-]N(c6c(-c7ccccc7)cccc6-c6ccccc6)c6ccccc65)ccc4)ccc3c3c4c(ccc32)-n2c3ccccc3c3cccc(c32)-c2ccccc2-4)c1.[Pt]. The minimum absolute atomic E-state index is 0. The van der Waals surface area contributed by atoms with Crippen LogP contribution in [0, 0.1) is 18.8 Å². The summed E-state index contributed by atoms with van der Waals surface area (Å²) in [6.45, 7) is 6.64. The van der Waals surface area contributed by atoms with E-state index in [-0.39, 0.29) is 21.1 Å². The van der Waals surface area contributed by atoms with Crippen LogP contribution in [0.25, 0.3) is 99.6 Å². The van der Waals surface area contributed by atoms with E-state index >= 15 is 0 Å². The van der Waals surface area contributed by atoms with Crippen molar-refractivity contribution in [3.05, 3.63) is 255 Å². The first kappa shape index (κ1) is 45.6. The van der Waals surface area contributed by atoms with Crippen LogP contribution in [0.15, 0.2) is 231 Å². The molecule has 7 heteroatoms. The summed E-state index contributed by atoms with van der Waals surface area (Å²) >= 11 is 0. The van der Waals surface area contributed by atoms with E-state index in [0.29, 0.717) is 17.4 Å². The quantitative estimate of drug-likeness (QED) is 0.142. The van der Waals surface area contributed by atoms with Crippen LogP contribution in [-0.2, 0) is 21.1 Å². The molecule has 0 radical (unpaired) electrons. The molecule has 76 heavy (non-hydrogen) atoms. The summed E-state index contributed by atoms with van der Waals surface area (Å²) < 4.78 is 11.7. The first-order valence-electron chi connectivity index (χ1n) is 25.6. The molecule has 0 bridgehead atoms. The van der Waals surface area contributed by atoms with E-state index < -0.39 is 0 Å². The zero-order valence-electron chi connectivity index (χ0n) is 41.6. The molecule has 366 valence electrons. The van der Waals surface area contributed by atoms with E-state index in [1.807, 2.05) is 18.3 Å². The standard InChI is InChI=1S/C69H46N5O.Pt/c1-44(2)47-38-39-70-65(40-47)73-62-36-37-63-66(55-26-10-9-24-53(55)56-29-17-30-57-54-25-11-12-31-59(54)74(63)69(56)57)67(62)58-35-34-50(42-64(58)73)75-49-23-15-22-48(41-49)71-43-72(61-33-14-13-32-60(61)71)68-51(45-18-5-3-6-19-45)27-16-28-52(68)46-20-7-4-8-21-46;/h3-40,43-44H,1-2H3;/q-3;. The number of hydrogen-bond acceptors (Lipinski definition) is 4. The normalized spacial score (nSPS) is 12.5. The first-order valence-corrected chi connectivity index (χ1v) is 25.6. The predicted molar refractivity (Wildman–Crippen MR) is 308 cm³/mol. The Morgan fingerprint density at radius 1 is 0.474 bits per heavy atom. The molecule has 0 N–H and O–H groups in total. The zero-order valence-corrected chi connectivity index (χ0v) is 43.8. The second-order valence-electron chi connectivity index (χ2n) is 19.8.